The lowest BCUT2D eigenvalue weighted by atomic mass is 10.1. The summed E-state index contributed by atoms with van der Waals surface area (Å²) in [6.07, 6.45) is 2.51. The van der Waals surface area contributed by atoms with Gasteiger partial charge in [-0.05, 0) is 24.1 Å². The van der Waals surface area contributed by atoms with Crippen molar-refractivity contribution >= 4 is 11.8 Å². The predicted octanol–water partition coefficient (Wildman–Crippen LogP) is 2.38. The van der Waals surface area contributed by atoms with Gasteiger partial charge in [0.15, 0.2) is 5.16 Å². The van der Waals surface area contributed by atoms with Crippen LogP contribution in [0, 0.1) is 0 Å². The number of aromatic nitrogens is 3. The smallest absolute Gasteiger partial charge is 0.190 e. The average Bonchev–Trinajstić information content (AvgIpc) is 2.75. The van der Waals surface area contributed by atoms with Crippen molar-refractivity contribution in [3.05, 3.63) is 36.2 Å². The third-order valence-corrected chi connectivity index (χ3v) is 3.69. The maximum absolute atomic E-state index is 5.97. The minimum Gasteiger partial charge on any atom is -0.324 e. The molecule has 0 spiro atoms. The minimum absolute atomic E-state index is 0.129. The number of nitrogens with two attached hydrogens (primary N) is 1. The molecule has 1 atom stereocenters. The first-order valence-corrected chi connectivity index (χ1v) is 6.39. The Morgan fingerprint density at radius 1 is 1.35 bits per heavy atom. The summed E-state index contributed by atoms with van der Waals surface area (Å²) in [5, 5.41) is 4.92. The largest absolute Gasteiger partial charge is 0.324 e. The molecule has 0 fully saturated rings. The number of nitrogens with zero attached hydrogens (tertiary/aromatic N) is 3. The van der Waals surface area contributed by atoms with Crippen LogP contribution in [0.1, 0.15) is 24.9 Å². The SMILES string of the molecule is CC[C@@H](N)c1ccc(Sc2ncnn2C)cc1. The molecule has 0 aliphatic heterocycles. The molecular weight excluding hydrogens is 232 g/mol. The molecule has 0 saturated heterocycles. The first-order valence-electron chi connectivity index (χ1n) is 5.58. The molecule has 1 heterocycles. The lowest BCUT2D eigenvalue weighted by Gasteiger charge is -2.09. The van der Waals surface area contributed by atoms with E-state index in [1.807, 2.05) is 7.05 Å². The second-order valence-corrected chi connectivity index (χ2v) is 4.89. The standard InChI is InChI=1S/C12H16N4S/c1-3-11(13)9-4-6-10(7-5-9)17-12-14-8-15-16(12)2/h4-8,11H,3,13H2,1-2H3/t11-/m1/s1. The van der Waals surface area contributed by atoms with Gasteiger partial charge in [0, 0.05) is 18.0 Å². The molecule has 2 N–H and O–H groups in total. The highest BCUT2D eigenvalue weighted by Gasteiger charge is 2.05. The quantitative estimate of drug-likeness (QED) is 0.902. The van der Waals surface area contributed by atoms with Crippen molar-refractivity contribution in [1.29, 1.82) is 0 Å². The van der Waals surface area contributed by atoms with Crippen LogP contribution < -0.4 is 5.73 Å². The molecule has 4 nitrogen and oxygen atoms in total. The van der Waals surface area contributed by atoms with Gasteiger partial charge in [-0.15, -0.1) is 0 Å². The van der Waals surface area contributed by atoms with Gasteiger partial charge in [0.1, 0.15) is 6.33 Å². The van der Waals surface area contributed by atoms with E-state index in [2.05, 4.69) is 41.3 Å². The van der Waals surface area contributed by atoms with Gasteiger partial charge in [-0.1, -0.05) is 30.8 Å². The van der Waals surface area contributed by atoms with E-state index in [1.165, 1.54) is 5.56 Å². The van der Waals surface area contributed by atoms with Crippen molar-refractivity contribution in [3.63, 3.8) is 0 Å². The maximum atomic E-state index is 5.97. The van der Waals surface area contributed by atoms with E-state index >= 15 is 0 Å². The zero-order valence-corrected chi connectivity index (χ0v) is 10.8. The lowest BCUT2D eigenvalue weighted by molar-refractivity contribution is 0.685. The summed E-state index contributed by atoms with van der Waals surface area (Å²) in [5.41, 5.74) is 7.15. The van der Waals surface area contributed by atoms with Crippen molar-refractivity contribution in [1.82, 2.24) is 14.8 Å². The van der Waals surface area contributed by atoms with E-state index in [0.717, 1.165) is 16.5 Å². The van der Waals surface area contributed by atoms with Gasteiger partial charge in [-0.25, -0.2) is 9.67 Å². The van der Waals surface area contributed by atoms with Gasteiger partial charge in [0.05, 0.1) is 0 Å². The van der Waals surface area contributed by atoms with Crippen LogP contribution in [0.5, 0.6) is 0 Å². The van der Waals surface area contributed by atoms with Crippen molar-refractivity contribution < 1.29 is 0 Å². The summed E-state index contributed by atoms with van der Waals surface area (Å²) < 4.78 is 1.76. The molecule has 0 radical (unpaired) electrons. The van der Waals surface area contributed by atoms with Gasteiger partial charge in [-0.2, -0.15) is 5.10 Å². The minimum atomic E-state index is 0.129. The van der Waals surface area contributed by atoms with Crippen LogP contribution in [0.2, 0.25) is 0 Å². The molecule has 0 unspecified atom stereocenters. The molecule has 1 aromatic carbocycles. The number of hydrogen-bond donors (Lipinski definition) is 1. The van der Waals surface area contributed by atoms with Crippen molar-refractivity contribution in [2.24, 2.45) is 12.8 Å². The summed E-state index contributed by atoms with van der Waals surface area (Å²) in [4.78, 5) is 5.32. The zero-order valence-electron chi connectivity index (χ0n) is 10.00. The van der Waals surface area contributed by atoms with E-state index in [1.54, 1.807) is 22.8 Å². The number of rotatable bonds is 4. The van der Waals surface area contributed by atoms with Gasteiger partial charge >= 0.3 is 0 Å². The third kappa shape index (κ3) is 2.87. The summed E-state index contributed by atoms with van der Waals surface area (Å²) >= 11 is 1.60. The molecule has 1 aromatic heterocycles. The van der Waals surface area contributed by atoms with Crippen molar-refractivity contribution in [3.8, 4) is 0 Å². The molecule has 90 valence electrons. The van der Waals surface area contributed by atoms with Crippen LogP contribution in [0.4, 0.5) is 0 Å². The summed E-state index contributed by atoms with van der Waals surface area (Å²) in [6, 6.07) is 8.43. The maximum Gasteiger partial charge on any atom is 0.190 e. The molecule has 5 heteroatoms. The van der Waals surface area contributed by atoms with Crippen LogP contribution in [-0.2, 0) is 7.05 Å². The van der Waals surface area contributed by atoms with E-state index in [0.29, 0.717) is 0 Å². The molecule has 2 aromatic rings. The Kier molecular flexibility index (Phi) is 3.81. The fourth-order valence-electron chi connectivity index (χ4n) is 1.50. The highest BCUT2D eigenvalue weighted by atomic mass is 32.2. The van der Waals surface area contributed by atoms with E-state index in [4.69, 9.17) is 5.73 Å². The highest BCUT2D eigenvalue weighted by Crippen LogP contribution is 2.26. The fraction of sp³-hybridized carbons (Fsp3) is 0.333. The Labute approximate surface area is 105 Å². The van der Waals surface area contributed by atoms with Gasteiger partial charge < -0.3 is 5.73 Å². The van der Waals surface area contributed by atoms with E-state index in [9.17, 15) is 0 Å². The molecule has 0 aliphatic rings. The number of benzene rings is 1. The fourth-order valence-corrected chi connectivity index (χ4v) is 2.26. The Hall–Kier alpha value is -1.33. The third-order valence-electron chi connectivity index (χ3n) is 2.63. The number of aryl methyl sites for hydroxylation is 1. The van der Waals surface area contributed by atoms with Crippen LogP contribution in [-0.4, -0.2) is 14.8 Å². The molecular formula is C12H16N4S. The summed E-state index contributed by atoms with van der Waals surface area (Å²) in [7, 11) is 1.89. The zero-order chi connectivity index (χ0) is 12.3. The van der Waals surface area contributed by atoms with Crippen LogP contribution in [0.25, 0.3) is 0 Å². The summed E-state index contributed by atoms with van der Waals surface area (Å²) in [5.74, 6) is 0. The summed E-state index contributed by atoms with van der Waals surface area (Å²) in [6.45, 7) is 2.09. The number of hydrogen-bond acceptors (Lipinski definition) is 4. The first-order chi connectivity index (χ1) is 8.20. The van der Waals surface area contributed by atoms with Crippen LogP contribution in [0.15, 0.2) is 40.6 Å². The Morgan fingerprint density at radius 3 is 2.59 bits per heavy atom. The molecule has 17 heavy (non-hydrogen) atoms. The van der Waals surface area contributed by atoms with E-state index < -0.39 is 0 Å². The second-order valence-electron chi connectivity index (χ2n) is 3.85. The van der Waals surface area contributed by atoms with Crippen LogP contribution >= 0.6 is 11.8 Å². The van der Waals surface area contributed by atoms with Crippen molar-refractivity contribution in [2.75, 3.05) is 0 Å². The molecule has 0 amide bonds. The lowest BCUT2D eigenvalue weighted by Crippen LogP contribution is -2.07. The van der Waals surface area contributed by atoms with Crippen molar-refractivity contribution in [2.45, 2.75) is 29.4 Å². The molecule has 0 bridgehead atoms. The normalized spacial score (nSPS) is 12.6. The van der Waals surface area contributed by atoms with E-state index in [-0.39, 0.29) is 6.04 Å². The predicted molar refractivity (Wildman–Crippen MR) is 68.8 cm³/mol. The average molecular weight is 248 g/mol. The first kappa shape index (κ1) is 12.1. The second kappa shape index (κ2) is 5.33. The molecule has 0 saturated carbocycles. The molecule has 0 aliphatic carbocycles. The Morgan fingerprint density at radius 2 is 2.06 bits per heavy atom. The van der Waals surface area contributed by atoms with Gasteiger partial charge in [0.25, 0.3) is 0 Å². The Bertz CT molecular complexity index is 478. The topological polar surface area (TPSA) is 56.7 Å². The van der Waals surface area contributed by atoms with Gasteiger partial charge in [0.2, 0.25) is 0 Å². The monoisotopic (exact) mass is 248 g/mol. The Balaban J connectivity index is 2.11. The van der Waals surface area contributed by atoms with Crippen LogP contribution in [0.3, 0.4) is 0 Å². The highest BCUT2D eigenvalue weighted by molar-refractivity contribution is 7.99. The molecule has 2 rings (SSSR count). The van der Waals surface area contributed by atoms with Gasteiger partial charge in [-0.3, -0.25) is 0 Å².